The quantitative estimate of drug-likeness (QED) is 0.790. The van der Waals surface area contributed by atoms with Gasteiger partial charge in [0.25, 0.3) is 0 Å². The number of rotatable bonds is 7. The molecule has 4 heteroatoms. The molecule has 0 atom stereocenters. The lowest BCUT2D eigenvalue weighted by Gasteiger charge is -2.11. The zero-order chi connectivity index (χ0) is 15.1. The van der Waals surface area contributed by atoms with Crippen molar-refractivity contribution in [2.24, 2.45) is 0 Å². The minimum Gasteiger partial charge on any atom is -0.492 e. The highest BCUT2D eigenvalue weighted by Gasteiger charge is 2.04. The smallest absolute Gasteiger partial charge is 0.145 e. The maximum atomic E-state index is 5.84. The van der Waals surface area contributed by atoms with E-state index in [9.17, 15) is 0 Å². The molecule has 0 bridgehead atoms. The fraction of sp³-hybridized carbons (Fsp3) is 0.294. The maximum Gasteiger partial charge on any atom is 0.145 e. The van der Waals surface area contributed by atoms with Crippen LogP contribution in [0.2, 0.25) is 0 Å². The van der Waals surface area contributed by atoms with Crippen molar-refractivity contribution < 1.29 is 14.2 Å². The maximum absolute atomic E-state index is 5.84. The summed E-state index contributed by atoms with van der Waals surface area (Å²) in [6, 6.07) is 13.4. The zero-order valence-electron chi connectivity index (χ0n) is 12.5. The second-order valence-corrected chi connectivity index (χ2v) is 4.62. The van der Waals surface area contributed by atoms with E-state index in [0.717, 1.165) is 18.8 Å². The van der Waals surface area contributed by atoms with Crippen LogP contribution < -0.4 is 15.2 Å². The molecule has 0 unspecified atom stereocenters. The number of nitrogens with two attached hydrogens (primary N) is 1. The predicted molar refractivity (Wildman–Crippen MR) is 84.1 cm³/mol. The van der Waals surface area contributed by atoms with Gasteiger partial charge in [0.1, 0.15) is 17.2 Å². The summed E-state index contributed by atoms with van der Waals surface area (Å²) in [6.07, 6.45) is 0.896. The van der Waals surface area contributed by atoms with Gasteiger partial charge in [0.05, 0.1) is 18.9 Å². The van der Waals surface area contributed by atoms with E-state index in [-0.39, 0.29) is 0 Å². The van der Waals surface area contributed by atoms with Crippen molar-refractivity contribution >= 4 is 5.69 Å². The van der Waals surface area contributed by atoms with E-state index in [4.69, 9.17) is 19.9 Å². The Hall–Kier alpha value is -2.20. The van der Waals surface area contributed by atoms with Crippen molar-refractivity contribution in [2.45, 2.75) is 13.3 Å². The Kier molecular flexibility index (Phi) is 5.46. The SMILES string of the molecule is CCOc1cc(Oc2ccc(CCOC)cc2)ccc1N. The highest BCUT2D eigenvalue weighted by Crippen LogP contribution is 2.30. The van der Waals surface area contributed by atoms with Gasteiger partial charge in [-0.1, -0.05) is 12.1 Å². The van der Waals surface area contributed by atoms with Crippen molar-refractivity contribution in [1.29, 1.82) is 0 Å². The fourth-order valence-corrected chi connectivity index (χ4v) is 1.94. The molecule has 21 heavy (non-hydrogen) atoms. The minimum absolute atomic E-state index is 0.571. The first-order valence-electron chi connectivity index (χ1n) is 7.01. The van der Waals surface area contributed by atoms with Crippen LogP contribution in [0.3, 0.4) is 0 Å². The van der Waals surface area contributed by atoms with Crippen LogP contribution in [0, 0.1) is 0 Å². The van der Waals surface area contributed by atoms with Gasteiger partial charge in [-0.25, -0.2) is 0 Å². The monoisotopic (exact) mass is 287 g/mol. The van der Waals surface area contributed by atoms with Gasteiger partial charge in [-0.3, -0.25) is 0 Å². The first kappa shape index (κ1) is 15.2. The highest BCUT2D eigenvalue weighted by atomic mass is 16.5. The van der Waals surface area contributed by atoms with Crippen molar-refractivity contribution in [3.63, 3.8) is 0 Å². The summed E-state index contributed by atoms with van der Waals surface area (Å²) < 4.78 is 16.3. The van der Waals surface area contributed by atoms with E-state index in [0.29, 0.717) is 23.8 Å². The molecule has 4 nitrogen and oxygen atoms in total. The summed E-state index contributed by atoms with van der Waals surface area (Å²) in [5.41, 5.74) is 7.67. The van der Waals surface area contributed by atoms with E-state index in [1.165, 1.54) is 5.56 Å². The molecule has 0 heterocycles. The molecule has 0 aliphatic rings. The number of nitrogen functional groups attached to an aromatic ring is 1. The third-order valence-electron chi connectivity index (χ3n) is 3.04. The third-order valence-corrected chi connectivity index (χ3v) is 3.04. The molecular weight excluding hydrogens is 266 g/mol. The van der Waals surface area contributed by atoms with Crippen LogP contribution in [-0.4, -0.2) is 20.3 Å². The number of methoxy groups -OCH3 is 1. The molecule has 0 saturated heterocycles. The average Bonchev–Trinajstić information content (AvgIpc) is 2.50. The van der Waals surface area contributed by atoms with E-state index < -0.39 is 0 Å². The number of benzene rings is 2. The summed E-state index contributed by atoms with van der Waals surface area (Å²) >= 11 is 0. The molecule has 2 aromatic rings. The number of hydrogen-bond acceptors (Lipinski definition) is 4. The predicted octanol–water partition coefficient (Wildman–Crippen LogP) is 3.65. The largest absolute Gasteiger partial charge is 0.492 e. The van der Waals surface area contributed by atoms with Crippen LogP contribution in [0.1, 0.15) is 12.5 Å². The van der Waals surface area contributed by atoms with Gasteiger partial charge in [-0.2, -0.15) is 0 Å². The molecule has 2 N–H and O–H groups in total. The Labute approximate surface area is 125 Å². The third kappa shape index (κ3) is 4.39. The molecule has 112 valence electrons. The summed E-state index contributed by atoms with van der Waals surface area (Å²) in [7, 11) is 1.70. The van der Waals surface area contributed by atoms with Crippen LogP contribution in [0.25, 0.3) is 0 Å². The second kappa shape index (κ2) is 7.55. The van der Waals surface area contributed by atoms with Gasteiger partial charge < -0.3 is 19.9 Å². The summed E-state index contributed by atoms with van der Waals surface area (Å²) in [6.45, 7) is 3.21. The normalized spacial score (nSPS) is 10.4. The highest BCUT2D eigenvalue weighted by molar-refractivity contribution is 5.56. The average molecular weight is 287 g/mol. The lowest BCUT2D eigenvalue weighted by atomic mass is 10.1. The van der Waals surface area contributed by atoms with Crippen molar-refractivity contribution in [3.8, 4) is 17.2 Å². The van der Waals surface area contributed by atoms with Gasteiger partial charge in [-0.15, -0.1) is 0 Å². The summed E-state index contributed by atoms with van der Waals surface area (Å²) in [5, 5.41) is 0. The Balaban J connectivity index is 2.05. The number of hydrogen-bond donors (Lipinski definition) is 1. The summed E-state index contributed by atoms with van der Waals surface area (Å²) in [4.78, 5) is 0. The molecule has 2 aromatic carbocycles. The lowest BCUT2D eigenvalue weighted by Crippen LogP contribution is -1.97. The molecule has 0 spiro atoms. The summed E-state index contributed by atoms with van der Waals surface area (Å²) in [5.74, 6) is 2.13. The van der Waals surface area contributed by atoms with Crippen LogP contribution in [0.4, 0.5) is 5.69 Å². The van der Waals surface area contributed by atoms with E-state index >= 15 is 0 Å². The van der Waals surface area contributed by atoms with E-state index in [1.807, 2.05) is 37.3 Å². The molecule has 0 aromatic heterocycles. The molecule has 0 fully saturated rings. The fourth-order valence-electron chi connectivity index (χ4n) is 1.94. The number of anilines is 1. The molecule has 2 rings (SSSR count). The van der Waals surface area contributed by atoms with Crippen LogP contribution in [0.5, 0.6) is 17.2 Å². The molecular formula is C17H21NO3. The van der Waals surface area contributed by atoms with Crippen LogP contribution in [0.15, 0.2) is 42.5 Å². The van der Waals surface area contributed by atoms with Crippen LogP contribution >= 0.6 is 0 Å². The molecule has 0 radical (unpaired) electrons. The van der Waals surface area contributed by atoms with Gasteiger partial charge >= 0.3 is 0 Å². The standard InChI is InChI=1S/C17H21NO3/c1-3-20-17-12-15(8-9-16(17)18)21-14-6-4-13(5-7-14)10-11-19-2/h4-9,12H,3,10-11,18H2,1-2H3. The van der Waals surface area contributed by atoms with E-state index in [1.54, 1.807) is 19.2 Å². The Morgan fingerprint density at radius 2 is 1.71 bits per heavy atom. The Morgan fingerprint density at radius 1 is 1.00 bits per heavy atom. The minimum atomic E-state index is 0.571. The van der Waals surface area contributed by atoms with Crippen LogP contribution in [-0.2, 0) is 11.2 Å². The Morgan fingerprint density at radius 3 is 2.38 bits per heavy atom. The molecule has 0 saturated carbocycles. The van der Waals surface area contributed by atoms with E-state index in [2.05, 4.69) is 0 Å². The van der Waals surface area contributed by atoms with Gasteiger partial charge in [0, 0.05) is 13.2 Å². The number of ether oxygens (including phenoxy) is 3. The first-order valence-corrected chi connectivity index (χ1v) is 7.01. The van der Waals surface area contributed by atoms with Gasteiger partial charge in [0.2, 0.25) is 0 Å². The first-order chi connectivity index (χ1) is 10.2. The second-order valence-electron chi connectivity index (χ2n) is 4.62. The van der Waals surface area contributed by atoms with Gasteiger partial charge in [-0.05, 0) is 43.2 Å². The molecule has 0 aliphatic carbocycles. The lowest BCUT2D eigenvalue weighted by molar-refractivity contribution is 0.202. The van der Waals surface area contributed by atoms with Crippen molar-refractivity contribution in [3.05, 3.63) is 48.0 Å². The molecule has 0 amide bonds. The topological polar surface area (TPSA) is 53.7 Å². The van der Waals surface area contributed by atoms with Crippen molar-refractivity contribution in [2.75, 3.05) is 26.1 Å². The van der Waals surface area contributed by atoms with Gasteiger partial charge in [0.15, 0.2) is 0 Å². The zero-order valence-corrected chi connectivity index (χ0v) is 12.5. The molecule has 0 aliphatic heterocycles. The van der Waals surface area contributed by atoms with Crippen molar-refractivity contribution in [1.82, 2.24) is 0 Å². The Bertz CT molecular complexity index is 567.